The zero-order chi connectivity index (χ0) is 10.1. The Kier molecular flexibility index (Phi) is 7.30. The number of carboxylic acid groups (broad SMARTS) is 1. The Labute approximate surface area is 79.1 Å². The second kappa shape index (κ2) is 7.80. The first-order valence-electron chi connectivity index (χ1n) is 4.71. The minimum Gasteiger partial charge on any atom is -0.481 e. The number of unbranched alkanes of at least 4 members (excludes halogenated alkanes) is 1. The second-order valence-corrected chi connectivity index (χ2v) is 3.06. The SMILES string of the molecule is CC/C=C\CCCC(O)CC(=O)O. The van der Waals surface area contributed by atoms with Crippen LogP contribution in [0.25, 0.3) is 0 Å². The lowest BCUT2D eigenvalue weighted by Gasteiger charge is -2.05. The molecule has 3 heteroatoms. The zero-order valence-electron chi connectivity index (χ0n) is 8.07. The van der Waals surface area contributed by atoms with Gasteiger partial charge in [0.1, 0.15) is 0 Å². The Morgan fingerprint density at radius 1 is 1.46 bits per heavy atom. The summed E-state index contributed by atoms with van der Waals surface area (Å²) in [5.41, 5.74) is 0. The van der Waals surface area contributed by atoms with Crippen molar-refractivity contribution in [2.45, 2.75) is 45.1 Å². The van der Waals surface area contributed by atoms with E-state index in [1.54, 1.807) is 0 Å². The van der Waals surface area contributed by atoms with Gasteiger partial charge in [0.15, 0.2) is 0 Å². The summed E-state index contributed by atoms with van der Waals surface area (Å²) in [6.07, 6.45) is 6.68. The average Bonchev–Trinajstić information content (AvgIpc) is 2.02. The molecule has 13 heavy (non-hydrogen) atoms. The number of hydrogen-bond acceptors (Lipinski definition) is 2. The number of rotatable bonds is 7. The second-order valence-electron chi connectivity index (χ2n) is 3.06. The smallest absolute Gasteiger partial charge is 0.305 e. The number of aliphatic carboxylic acids is 1. The van der Waals surface area contributed by atoms with Crippen molar-refractivity contribution in [2.24, 2.45) is 0 Å². The van der Waals surface area contributed by atoms with Crippen molar-refractivity contribution >= 4 is 5.97 Å². The third-order valence-corrected chi connectivity index (χ3v) is 1.72. The Balaban J connectivity index is 3.31. The topological polar surface area (TPSA) is 57.5 Å². The van der Waals surface area contributed by atoms with Crippen molar-refractivity contribution in [2.75, 3.05) is 0 Å². The van der Waals surface area contributed by atoms with Crippen LogP contribution in [0, 0.1) is 0 Å². The normalized spacial score (nSPS) is 13.4. The fourth-order valence-electron chi connectivity index (χ4n) is 1.06. The number of allylic oxidation sites excluding steroid dienone is 2. The monoisotopic (exact) mass is 186 g/mol. The molecule has 0 spiro atoms. The Morgan fingerprint density at radius 3 is 2.69 bits per heavy atom. The quantitative estimate of drug-likeness (QED) is 0.472. The van der Waals surface area contributed by atoms with E-state index in [0.717, 1.165) is 19.3 Å². The van der Waals surface area contributed by atoms with Crippen LogP contribution in [0.4, 0.5) is 0 Å². The first-order chi connectivity index (χ1) is 6.16. The lowest BCUT2D eigenvalue weighted by atomic mass is 10.1. The first kappa shape index (κ1) is 12.2. The predicted octanol–water partition coefficient (Wildman–Crippen LogP) is 1.96. The van der Waals surface area contributed by atoms with E-state index in [0.29, 0.717) is 6.42 Å². The Morgan fingerprint density at radius 2 is 2.15 bits per heavy atom. The maximum atomic E-state index is 10.2. The summed E-state index contributed by atoms with van der Waals surface area (Å²) >= 11 is 0. The van der Waals surface area contributed by atoms with Gasteiger partial charge >= 0.3 is 5.97 Å². The number of carbonyl (C=O) groups is 1. The molecule has 3 nitrogen and oxygen atoms in total. The van der Waals surface area contributed by atoms with E-state index in [1.807, 2.05) is 0 Å². The standard InChI is InChI=1S/C10H18O3/c1-2-3-4-5-6-7-9(11)8-10(12)13/h3-4,9,11H,2,5-8H2,1H3,(H,12,13)/b4-3-. The summed E-state index contributed by atoms with van der Waals surface area (Å²) < 4.78 is 0. The van der Waals surface area contributed by atoms with Crippen molar-refractivity contribution in [3.8, 4) is 0 Å². The molecule has 0 bridgehead atoms. The van der Waals surface area contributed by atoms with Gasteiger partial charge in [-0.2, -0.15) is 0 Å². The first-order valence-corrected chi connectivity index (χ1v) is 4.71. The maximum Gasteiger partial charge on any atom is 0.305 e. The van der Waals surface area contributed by atoms with Crippen LogP contribution < -0.4 is 0 Å². The minimum absolute atomic E-state index is 0.141. The number of hydrogen-bond donors (Lipinski definition) is 2. The van der Waals surface area contributed by atoms with Gasteiger partial charge in [-0.05, 0) is 25.7 Å². The summed E-state index contributed by atoms with van der Waals surface area (Å²) in [6.45, 7) is 2.07. The highest BCUT2D eigenvalue weighted by atomic mass is 16.4. The summed E-state index contributed by atoms with van der Waals surface area (Å²) in [6, 6.07) is 0. The van der Waals surface area contributed by atoms with Crippen molar-refractivity contribution < 1.29 is 15.0 Å². The molecular formula is C10H18O3. The van der Waals surface area contributed by atoms with Gasteiger partial charge in [0.25, 0.3) is 0 Å². The maximum absolute atomic E-state index is 10.2. The fourth-order valence-corrected chi connectivity index (χ4v) is 1.06. The van der Waals surface area contributed by atoms with Gasteiger partial charge in [-0.15, -0.1) is 0 Å². The molecule has 2 N–H and O–H groups in total. The molecular weight excluding hydrogens is 168 g/mol. The van der Waals surface area contributed by atoms with Gasteiger partial charge in [0.2, 0.25) is 0 Å². The summed E-state index contributed by atoms with van der Waals surface area (Å²) in [5.74, 6) is -0.934. The van der Waals surface area contributed by atoms with Crippen molar-refractivity contribution in [1.82, 2.24) is 0 Å². The number of aliphatic hydroxyl groups excluding tert-OH is 1. The van der Waals surface area contributed by atoms with E-state index in [1.165, 1.54) is 0 Å². The van der Waals surface area contributed by atoms with Crippen molar-refractivity contribution in [3.05, 3.63) is 12.2 Å². The zero-order valence-corrected chi connectivity index (χ0v) is 8.07. The van der Waals surface area contributed by atoms with Gasteiger partial charge in [-0.25, -0.2) is 0 Å². The molecule has 0 aromatic rings. The molecule has 0 saturated heterocycles. The third-order valence-electron chi connectivity index (χ3n) is 1.72. The van der Waals surface area contributed by atoms with Gasteiger partial charge in [0, 0.05) is 0 Å². The highest BCUT2D eigenvalue weighted by molar-refractivity contribution is 5.67. The molecule has 1 unspecified atom stereocenters. The lowest BCUT2D eigenvalue weighted by molar-refractivity contribution is -0.139. The van der Waals surface area contributed by atoms with Crippen molar-refractivity contribution in [3.63, 3.8) is 0 Å². The predicted molar refractivity (Wildman–Crippen MR) is 51.5 cm³/mol. The third kappa shape index (κ3) is 9.08. The van der Waals surface area contributed by atoms with Crippen LogP contribution in [0.15, 0.2) is 12.2 Å². The number of aliphatic hydroxyl groups is 1. The molecule has 1 atom stereocenters. The summed E-state index contributed by atoms with van der Waals surface area (Å²) in [4.78, 5) is 10.2. The largest absolute Gasteiger partial charge is 0.481 e. The summed E-state index contributed by atoms with van der Waals surface area (Å²) in [7, 11) is 0. The van der Waals surface area contributed by atoms with Gasteiger partial charge in [0.05, 0.1) is 12.5 Å². The van der Waals surface area contributed by atoms with Crippen LogP contribution in [0.3, 0.4) is 0 Å². The molecule has 76 valence electrons. The van der Waals surface area contributed by atoms with Crippen LogP contribution in [-0.4, -0.2) is 22.3 Å². The number of carboxylic acids is 1. The van der Waals surface area contributed by atoms with E-state index < -0.39 is 12.1 Å². The van der Waals surface area contributed by atoms with Crippen LogP contribution in [0.5, 0.6) is 0 Å². The molecule has 0 aliphatic carbocycles. The minimum atomic E-state index is -0.934. The lowest BCUT2D eigenvalue weighted by Crippen LogP contribution is -2.12. The van der Waals surface area contributed by atoms with E-state index in [4.69, 9.17) is 5.11 Å². The van der Waals surface area contributed by atoms with E-state index in [9.17, 15) is 9.90 Å². The Hall–Kier alpha value is -0.830. The van der Waals surface area contributed by atoms with E-state index in [-0.39, 0.29) is 6.42 Å². The van der Waals surface area contributed by atoms with Gasteiger partial charge in [-0.3, -0.25) is 4.79 Å². The molecule has 0 radical (unpaired) electrons. The van der Waals surface area contributed by atoms with E-state index >= 15 is 0 Å². The molecule has 0 aliphatic rings. The summed E-state index contributed by atoms with van der Waals surface area (Å²) in [5, 5.41) is 17.5. The molecule has 0 aliphatic heterocycles. The molecule has 0 amide bonds. The Bertz CT molecular complexity index is 164. The molecule has 0 saturated carbocycles. The average molecular weight is 186 g/mol. The fraction of sp³-hybridized carbons (Fsp3) is 0.700. The van der Waals surface area contributed by atoms with Crippen LogP contribution in [0.1, 0.15) is 39.0 Å². The van der Waals surface area contributed by atoms with Gasteiger partial charge < -0.3 is 10.2 Å². The molecule has 0 heterocycles. The highest BCUT2D eigenvalue weighted by Gasteiger charge is 2.07. The van der Waals surface area contributed by atoms with Gasteiger partial charge in [-0.1, -0.05) is 19.1 Å². The van der Waals surface area contributed by atoms with Crippen LogP contribution in [0.2, 0.25) is 0 Å². The highest BCUT2D eigenvalue weighted by Crippen LogP contribution is 2.05. The molecule has 0 aromatic heterocycles. The van der Waals surface area contributed by atoms with Crippen molar-refractivity contribution in [1.29, 1.82) is 0 Å². The molecule has 0 rings (SSSR count). The van der Waals surface area contributed by atoms with Crippen LogP contribution in [-0.2, 0) is 4.79 Å². The van der Waals surface area contributed by atoms with E-state index in [2.05, 4.69) is 19.1 Å². The van der Waals surface area contributed by atoms with Crippen LogP contribution >= 0.6 is 0 Å². The molecule has 0 aromatic carbocycles. The molecule has 0 fully saturated rings.